The Balaban J connectivity index is 1.22. The molecule has 0 bridgehead atoms. The molecule has 5 nitrogen and oxygen atoms in total. The summed E-state index contributed by atoms with van der Waals surface area (Å²) >= 11 is 0. The van der Waals surface area contributed by atoms with Crippen LogP contribution in [0.15, 0.2) is 60.7 Å². The summed E-state index contributed by atoms with van der Waals surface area (Å²) in [4.78, 5) is 0. The van der Waals surface area contributed by atoms with Gasteiger partial charge in [0, 0.05) is 11.5 Å². The fourth-order valence-corrected chi connectivity index (χ4v) is 4.67. The summed E-state index contributed by atoms with van der Waals surface area (Å²) in [6.07, 6.45) is 1.98. The summed E-state index contributed by atoms with van der Waals surface area (Å²) in [5, 5.41) is 0. The minimum Gasteiger partial charge on any atom is -0.493 e. The lowest BCUT2D eigenvalue weighted by atomic mass is 9.95. The Morgan fingerprint density at radius 2 is 1.47 bits per heavy atom. The Bertz CT molecular complexity index is 1100. The third kappa shape index (κ3) is 3.78. The van der Waals surface area contributed by atoms with Crippen molar-refractivity contribution in [2.45, 2.75) is 25.6 Å². The van der Waals surface area contributed by atoms with E-state index in [2.05, 4.69) is 36.4 Å². The van der Waals surface area contributed by atoms with Crippen molar-refractivity contribution in [3.8, 4) is 34.1 Å². The molecule has 3 aliphatic rings. The summed E-state index contributed by atoms with van der Waals surface area (Å²) < 4.78 is 30.0. The number of rotatable bonds is 2. The highest BCUT2D eigenvalue weighted by molar-refractivity contribution is 5.69. The van der Waals surface area contributed by atoms with Crippen molar-refractivity contribution in [3.63, 3.8) is 0 Å². The molecule has 0 saturated carbocycles. The van der Waals surface area contributed by atoms with E-state index in [4.69, 9.17) is 23.7 Å². The summed E-state index contributed by atoms with van der Waals surface area (Å²) in [5.41, 5.74) is 4.54. The van der Waals surface area contributed by atoms with Gasteiger partial charge in [0.25, 0.3) is 0 Å². The topological polar surface area (TPSA) is 46.2 Å². The van der Waals surface area contributed by atoms with Crippen molar-refractivity contribution in [1.29, 1.82) is 0 Å². The highest BCUT2D eigenvalue weighted by Crippen LogP contribution is 2.39. The monoisotopic (exact) mass is 430 g/mol. The molecular formula is C27H26O5. The van der Waals surface area contributed by atoms with Gasteiger partial charge in [-0.3, -0.25) is 0 Å². The lowest BCUT2D eigenvalue weighted by Crippen LogP contribution is -2.38. The van der Waals surface area contributed by atoms with Crippen molar-refractivity contribution >= 4 is 0 Å². The van der Waals surface area contributed by atoms with Crippen LogP contribution in [-0.2, 0) is 17.8 Å². The van der Waals surface area contributed by atoms with Crippen LogP contribution >= 0.6 is 0 Å². The Kier molecular flexibility index (Phi) is 5.12. The average molecular weight is 431 g/mol. The van der Waals surface area contributed by atoms with E-state index in [1.165, 1.54) is 5.56 Å². The number of benzene rings is 3. The Hall–Kier alpha value is -3.18. The van der Waals surface area contributed by atoms with Crippen LogP contribution in [0.25, 0.3) is 11.1 Å². The van der Waals surface area contributed by atoms with E-state index in [1.54, 1.807) is 0 Å². The van der Waals surface area contributed by atoms with Gasteiger partial charge < -0.3 is 23.7 Å². The van der Waals surface area contributed by atoms with Crippen LogP contribution in [0.5, 0.6) is 23.0 Å². The van der Waals surface area contributed by atoms with Gasteiger partial charge in [0.15, 0.2) is 11.5 Å². The summed E-state index contributed by atoms with van der Waals surface area (Å²) in [6, 6.07) is 20.7. The third-order valence-corrected chi connectivity index (χ3v) is 6.50. The Morgan fingerprint density at radius 1 is 0.656 bits per heavy atom. The van der Waals surface area contributed by atoms with Gasteiger partial charge in [-0.05, 0) is 59.9 Å². The highest BCUT2D eigenvalue weighted by Gasteiger charge is 2.31. The molecule has 32 heavy (non-hydrogen) atoms. The minimum absolute atomic E-state index is 0.0269. The van der Waals surface area contributed by atoms with Crippen LogP contribution < -0.4 is 18.9 Å². The number of hydrogen-bond donors (Lipinski definition) is 0. The van der Waals surface area contributed by atoms with Crippen molar-refractivity contribution in [2.75, 3.05) is 26.4 Å². The largest absolute Gasteiger partial charge is 0.493 e. The van der Waals surface area contributed by atoms with Gasteiger partial charge in [-0.25, -0.2) is 0 Å². The Morgan fingerprint density at radius 3 is 2.44 bits per heavy atom. The summed E-state index contributed by atoms with van der Waals surface area (Å²) in [7, 11) is 0. The van der Waals surface area contributed by atoms with Crippen molar-refractivity contribution < 1.29 is 23.7 Å². The van der Waals surface area contributed by atoms with E-state index in [0.717, 1.165) is 52.5 Å². The van der Waals surface area contributed by atoms with Crippen LogP contribution in [0.4, 0.5) is 0 Å². The van der Waals surface area contributed by atoms with Crippen LogP contribution in [0.2, 0.25) is 0 Å². The SMILES string of the molecule is c1ccc2c(c1)CCC(C1COc3ccc(-c4ccc5c(c4)COCCO5)cc3O1)CO2. The maximum absolute atomic E-state index is 6.47. The molecule has 164 valence electrons. The molecule has 3 heterocycles. The summed E-state index contributed by atoms with van der Waals surface area (Å²) in [5.74, 6) is 3.76. The fraction of sp³-hybridized carbons (Fsp3) is 0.333. The second kappa shape index (κ2) is 8.40. The fourth-order valence-electron chi connectivity index (χ4n) is 4.67. The number of hydrogen-bond acceptors (Lipinski definition) is 5. The molecule has 2 atom stereocenters. The molecule has 5 heteroatoms. The zero-order valence-electron chi connectivity index (χ0n) is 17.9. The van der Waals surface area contributed by atoms with E-state index in [1.807, 2.05) is 24.3 Å². The van der Waals surface area contributed by atoms with Crippen LogP contribution in [-0.4, -0.2) is 32.5 Å². The maximum Gasteiger partial charge on any atom is 0.162 e. The van der Waals surface area contributed by atoms with Gasteiger partial charge in [0.1, 0.15) is 30.8 Å². The third-order valence-electron chi connectivity index (χ3n) is 6.50. The highest BCUT2D eigenvalue weighted by atomic mass is 16.6. The van der Waals surface area contributed by atoms with Gasteiger partial charge in [-0.2, -0.15) is 0 Å². The molecule has 3 aromatic carbocycles. The van der Waals surface area contributed by atoms with Crippen LogP contribution in [0, 0.1) is 5.92 Å². The molecule has 0 spiro atoms. The normalized spacial score (nSPS) is 21.8. The van der Waals surface area contributed by atoms with Gasteiger partial charge in [-0.1, -0.05) is 30.3 Å². The van der Waals surface area contributed by atoms with E-state index in [9.17, 15) is 0 Å². The minimum atomic E-state index is -0.0269. The summed E-state index contributed by atoms with van der Waals surface area (Å²) in [6.45, 7) is 2.97. The van der Waals surface area contributed by atoms with Crippen molar-refractivity contribution in [2.24, 2.45) is 5.92 Å². The first-order chi connectivity index (χ1) is 15.8. The first-order valence-electron chi connectivity index (χ1n) is 11.3. The zero-order chi connectivity index (χ0) is 21.3. The maximum atomic E-state index is 6.47. The van der Waals surface area contributed by atoms with Crippen molar-refractivity contribution in [3.05, 3.63) is 71.8 Å². The molecular weight excluding hydrogens is 404 g/mol. The first kappa shape index (κ1) is 19.5. The van der Waals surface area contributed by atoms with Crippen LogP contribution in [0.1, 0.15) is 17.5 Å². The number of ether oxygens (including phenoxy) is 5. The molecule has 0 fully saturated rings. The van der Waals surface area contributed by atoms with E-state index in [0.29, 0.717) is 33.0 Å². The van der Waals surface area contributed by atoms with E-state index < -0.39 is 0 Å². The van der Waals surface area contributed by atoms with Gasteiger partial charge >= 0.3 is 0 Å². The number of para-hydroxylation sites is 1. The van der Waals surface area contributed by atoms with Crippen LogP contribution in [0.3, 0.4) is 0 Å². The van der Waals surface area contributed by atoms with E-state index in [-0.39, 0.29) is 12.0 Å². The molecule has 0 aromatic heterocycles. The molecule has 0 N–H and O–H groups in total. The van der Waals surface area contributed by atoms with E-state index >= 15 is 0 Å². The molecule has 6 rings (SSSR count). The average Bonchev–Trinajstić information content (AvgIpc) is 3.21. The second-order valence-electron chi connectivity index (χ2n) is 8.57. The molecule has 0 aliphatic carbocycles. The van der Waals surface area contributed by atoms with Crippen molar-refractivity contribution in [1.82, 2.24) is 0 Å². The number of fused-ring (bicyclic) bond motifs is 3. The molecule has 2 unspecified atom stereocenters. The predicted octanol–water partition coefficient (Wildman–Crippen LogP) is 5.04. The number of aryl methyl sites for hydroxylation is 1. The molecule has 3 aliphatic heterocycles. The first-order valence-corrected chi connectivity index (χ1v) is 11.3. The lowest BCUT2D eigenvalue weighted by molar-refractivity contribution is 0.0288. The molecule has 0 amide bonds. The molecule has 0 saturated heterocycles. The van der Waals surface area contributed by atoms with Gasteiger partial charge in [0.2, 0.25) is 0 Å². The molecule has 3 aromatic rings. The van der Waals surface area contributed by atoms with Gasteiger partial charge in [-0.15, -0.1) is 0 Å². The Labute approximate surface area is 187 Å². The second-order valence-corrected chi connectivity index (χ2v) is 8.57. The quantitative estimate of drug-likeness (QED) is 0.570. The molecule has 0 radical (unpaired) electrons. The lowest BCUT2D eigenvalue weighted by Gasteiger charge is -2.31. The zero-order valence-corrected chi connectivity index (χ0v) is 17.9. The van der Waals surface area contributed by atoms with Gasteiger partial charge in [0.05, 0.1) is 19.8 Å². The smallest absolute Gasteiger partial charge is 0.162 e. The predicted molar refractivity (Wildman–Crippen MR) is 121 cm³/mol. The standard InChI is InChI=1S/C27H26O5/c1-2-4-23-18(3-1)5-6-21(16-30-23)27-17-31-25-10-8-20(14-26(25)32-27)19-7-9-24-22(13-19)15-28-11-12-29-24/h1-4,7-10,13-14,21,27H,5-6,11-12,15-17H2.